The minimum absolute atomic E-state index is 0.411. The SMILES string of the molecule is Cc1ccccc1S(=O)(=O)N1CCN(c2ccccc2Br)CC1. The molecule has 2 aromatic carbocycles. The van der Waals surface area contributed by atoms with Gasteiger partial charge in [0.1, 0.15) is 0 Å². The molecule has 0 spiro atoms. The molecule has 0 N–H and O–H groups in total. The summed E-state index contributed by atoms with van der Waals surface area (Å²) >= 11 is 3.56. The molecule has 4 nitrogen and oxygen atoms in total. The number of para-hydroxylation sites is 1. The Balaban J connectivity index is 1.77. The van der Waals surface area contributed by atoms with Crippen molar-refractivity contribution in [1.82, 2.24) is 4.31 Å². The van der Waals surface area contributed by atoms with Crippen LogP contribution in [0.5, 0.6) is 0 Å². The van der Waals surface area contributed by atoms with Crippen LogP contribution >= 0.6 is 15.9 Å². The number of benzene rings is 2. The van der Waals surface area contributed by atoms with Crippen molar-refractivity contribution in [2.45, 2.75) is 11.8 Å². The molecule has 0 saturated carbocycles. The van der Waals surface area contributed by atoms with Crippen LogP contribution in [-0.2, 0) is 10.0 Å². The zero-order valence-corrected chi connectivity index (χ0v) is 15.3. The summed E-state index contributed by atoms with van der Waals surface area (Å²) in [6, 6.07) is 15.2. The molecular formula is C17H19BrN2O2S. The van der Waals surface area contributed by atoms with Crippen LogP contribution in [0.2, 0.25) is 0 Å². The van der Waals surface area contributed by atoms with Gasteiger partial charge in [-0.25, -0.2) is 8.42 Å². The standard InChI is InChI=1S/C17H19BrN2O2S/c1-14-6-2-5-9-17(14)23(21,22)20-12-10-19(11-13-20)16-8-4-3-7-15(16)18/h2-9H,10-13H2,1H3. The normalized spacial score (nSPS) is 16.5. The summed E-state index contributed by atoms with van der Waals surface area (Å²) < 4.78 is 28.3. The van der Waals surface area contributed by atoms with Crippen LogP contribution in [0.3, 0.4) is 0 Å². The zero-order valence-electron chi connectivity index (χ0n) is 12.9. The smallest absolute Gasteiger partial charge is 0.243 e. The molecule has 0 atom stereocenters. The van der Waals surface area contributed by atoms with Crippen molar-refractivity contribution < 1.29 is 8.42 Å². The molecule has 1 fully saturated rings. The van der Waals surface area contributed by atoms with Crippen LogP contribution in [0.25, 0.3) is 0 Å². The second-order valence-corrected chi connectivity index (χ2v) is 8.37. The van der Waals surface area contributed by atoms with Crippen molar-refractivity contribution in [3.8, 4) is 0 Å². The molecule has 6 heteroatoms. The van der Waals surface area contributed by atoms with Crippen LogP contribution in [0.4, 0.5) is 5.69 Å². The van der Waals surface area contributed by atoms with Gasteiger partial charge in [-0.05, 0) is 46.6 Å². The molecule has 0 aromatic heterocycles. The minimum Gasteiger partial charge on any atom is -0.368 e. The maximum Gasteiger partial charge on any atom is 0.243 e. The van der Waals surface area contributed by atoms with Gasteiger partial charge in [0.25, 0.3) is 0 Å². The van der Waals surface area contributed by atoms with E-state index in [-0.39, 0.29) is 0 Å². The maximum atomic E-state index is 12.8. The molecular weight excluding hydrogens is 376 g/mol. The second kappa shape index (κ2) is 6.63. The van der Waals surface area contributed by atoms with E-state index in [4.69, 9.17) is 0 Å². The number of aryl methyl sites for hydroxylation is 1. The fraction of sp³-hybridized carbons (Fsp3) is 0.294. The van der Waals surface area contributed by atoms with E-state index < -0.39 is 10.0 Å². The molecule has 1 heterocycles. The number of rotatable bonds is 3. The largest absolute Gasteiger partial charge is 0.368 e. The molecule has 23 heavy (non-hydrogen) atoms. The Hall–Kier alpha value is -1.37. The molecule has 0 bridgehead atoms. The third kappa shape index (κ3) is 3.29. The third-order valence-electron chi connectivity index (χ3n) is 4.14. The highest BCUT2D eigenvalue weighted by molar-refractivity contribution is 9.10. The Morgan fingerprint density at radius 1 is 0.913 bits per heavy atom. The average molecular weight is 395 g/mol. The molecule has 3 rings (SSSR count). The third-order valence-corrected chi connectivity index (χ3v) is 6.87. The van der Waals surface area contributed by atoms with Crippen LogP contribution in [0.15, 0.2) is 57.9 Å². The number of sulfonamides is 1. The van der Waals surface area contributed by atoms with E-state index in [1.807, 2.05) is 37.3 Å². The van der Waals surface area contributed by atoms with E-state index in [0.717, 1.165) is 15.7 Å². The van der Waals surface area contributed by atoms with E-state index in [9.17, 15) is 8.42 Å². The van der Waals surface area contributed by atoms with Gasteiger partial charge in [-0.15, -0.1) is 0 Å². The number of hydrogen-bond donors (Lipinski definition) is 0. The second-order valence-electron chi connectivity index (χ2n) is 5.61. The van der Waals surface area contributed by atoms with Gasteiger partial charge in [0.2, 0.25) is 10.0 Å². The minimum atomic E-state index is -3.41. The Bertz CT molecular complexity index is 800. The summed E-state index contributed by atoms with van der Waals surface area (Å²) in [6.45, 7) is 4.21. The molecule has 2 aromatic rings. The summed E-state index contributed by atoms with van der Waals surface area (Å²) in [5.74, 6) is 0. The van der Waals surface area contributed by atoms with E-state index in [1.165, 1.54) is 0 Å². The maximum absolute atomic E-state index is 12.8. The van der Waals surface area contributed by atoms with E-state index in [0.29, 0.717) is 31.1 Å². The molecule has 1 aliphatic rings. The topological polar surface area (TPSA) is 40.6 Å². The molecule has 122 valence electrons. The predicted octanol–water partition coefficient (Wildman–Crippen LogP) is 3.27. The monoisotopic (exact) mass is 394 g/mol. The summed E-state index contributed by atoms with van der Waals surface area (Å²) in [7, 11) is -3.41. The van der Waals surface area contributed by atoms with Crippen LogP contribution in [0, 0.1) is 6.92 Å². The van der Waals surface area contributed by atoms with Gasteiger partial charge in [-0.1, -0.05) is 30.3 Å². The highest BCUT2D eigenvalue weighted by Crippen LogP contribution is 2.28. The van der Waals surface area contributed by atoms with Crippen molar-refractivity contribution in [2.24, 2.45) is 0 Å². The number of nitrogens with zero attached hydrogens (tertiary/aromatic N) is 2. The fourth-order valence-electron chi connectivity index (χ4n) is 2.86. The summed E-state index contributed by atoms with van der Waals surface area (Å²) in [5.41, 5.74) is 1.90. The summed E-state index contributed by atoms with van der Waals surface area (Å²) in [6.07, 6.45) is 0. The Morgan fingerprint density at radius 3 is 2.17 bits per heavy atom. The highest BCUT2D eigenvalue weighted by atomic mass is 79.9. The van der Waals surface area contributed by atoms with Gasteiger partial charge >= 0.3 is 0 Å². The Labute approximate surface area is 145 Å². The van der Waals surface area contributed by atoms with Crippen LogP contribution < -0.4 is 4.90 Å². The lowest BCUT2D eigenvalue weighted by Crippen LogP contribution is -2.48. The average Bonchev–Trinajstić information content (AvgIpc) is 2.56. The molecule has 0 amide bonds. The van der Waals surface area contributed by atoms with Crippen LogP contribution in [-0.4, -0.2) is 38.9 Å². The number of hydrogen-bond acceptors (Lipinski definition) is 3. The van der Waals surface area contributed by atoms with Gasteiger partial charge in [0, 0.05) is 30.7 Å². The first-order chi connectivity index (χ1) is 11.0. The van der Waals surface area contributed by atoms with Crippen molar-refractivity contribution in [1.29, 1.82) is 0 Å². The Kier molecular flexibility index (Phi) is 4.75. The van der Waals surface area contributed by atoms with Crippen LogP contribution in [0.1, 0.15) is 5.56 Å². The molecule has 0 radical (unpaired) electrons. The quantitative estimate of drug-likeness (QED) is 0.801. The molecule has 1 saturated heterocycles. The molecule has 0 aliphatic carbocycles. The summed E-state index contributed by atoms with van der Waals surface area (Å²) in [5, 5.41) is 0. The first-order valence-corrected chi connectivity index (χ1v) is 9.79. The number of anilines is 1. The van der Waals surface area contributed by atoms with Crippen molar-refractivity contribution in [2.75, 3.05) is 31.1 Å². The zero-order chi connectivity index (χ0) is 16.4. The first-order valence-electron chi connectivity index (χ1n) is 7.55. The molecule has 1 aliphatic heterocycles. The van der Waals surface area contributed by atoms with Crippen molar-refractivity contribution in [3.63, 3.8) is 0 Å². The van der Waals surface area contributed by atoms with E-state index >= 15 is 0 Å². The Morgan fingerprint density at radius 2 is 1.52 bits per heavy atom. The lowest BCUT2D eigenvalue weighted by Gasteiger charge is -2.36. The lowest BCUT2D eigenvalue weighted by atomic mass is 10.2. The summed E-state index contributed by atoms with van der Waals surface area (Å²) in [4.78, 5) is 2.63. The first kappa shape index (κ1) is 16.5. The van der Waals surface area contributed by atoms with Gasteiger partial charge in [0.05, 0.1) is 10.6 Å². The van der Waals surface area contributed by atoms with Gasteiger partial charge in [0.15, 0.2) is 0 Å². The van der Waals surface area contributed by atoms with E-state index in [2.05, 4.69) is 26.9 Å². The van der Waals surface area contributed by atoms with Gasteiger partial charge in [-0.2, -0.15) is 4.31 Å². The van der Waals surface area contributed by atoms with Gasteiger partial charge in [-0.3, -0.25) is 0 Å². The number of halogens is 1. The highest BCUT2D eigenvalue weighted by Gasteiger charge is 2.29. The lowest BCUT2D eigenvalue weighted by molar-refractivity contribution is 0.384. The fourth-order valence-corrected chi connectivity index (χ4v) is 5.05. The van der Waals surface area contributed by atoms with Gasteiger partial charge < -0.3 is 4.90 Å². The predicted molar refractivity (Wildman–Crippen MR) is 96.3 cm³/mol. The van der Waals surface area contributed by atoms with Crippen molar-refractivity contribution in [3.05, 3.63) is 58.6 Å². The number of piperazine rings is 1. The van der Waals surface area contributed by atoms with E-state index in [1.54, 1.807) is 16.4 Å². The van der Waals surface area contributed by atoms with Crippen molar-refractivity contribution >= 4 is 31.6 Å². The molecule has 0 unspecified atom stereocenters.